The first-order chi connectivity index (χ1) is 9.65. The predicted molar refractivity (Wildman–Crippen MR) is 88.2 cm³/mol. The lowest BCUT2D eigenvalue weighted by molar-refractivity contribution is -0.113. The molecule has 0 spiro atoms. The molecule has 0 atom stereocenters. The van der Waals surface area contributed by atoms with E-state index in [9.17, 15) is 4.79 Å². The summed E-state index contributed by atoms with van der Waals surface area (Å²) >= 11 is 10.9. The van der Waals surface area contributed by atoms with E-state index in [0.29, 0.717) is 16.5 Å². The Bertz CT molecular complexity index is 595. The number of nitrogens with one attached hydrogen (secondary N) is 1. The monoisotopic (exact) mass is 370 g/mol. The van der Waals surface area contributed by atoms with Crippen LogP contribution < -0.4 is 5.32 Å². The van der Waals surface area contributed by atoms with Gasteiger partial charge in [0.15, 0.2) is 0 Å². The van der Waals surface area contributed by atoms with Crippen molar-refractivity contribution in [1.82, 2.24) is 4.98 Å². The molecule has 0 unspecified atom stereocenters. The molecule has 0 aliphatic carbocycles. The van der Waals surface area contributed by atoms with Gasteiger partial charge in [-0.05, 0) is 29.8 Å². The molecule has 6 heteroatoms. The second kappa shape index (κ2) is 7.67. The van der Waals surface area contributed by atoms with Crippen LogP contribution in [0.2, 0.25) is 5.02 Å². The number of nitrogens with zero attached hydrogens (tertiary/aromatic N) is 1. The average Bonchev–Trinajstić information content (AvgIpc) is 2.43. The van der Waals surface area contributed by atoms with Crippen LogP contribution in [-0.2, 0) is 10.5 Å². The Morgan fingerprint density at radius 3 is 2.95 bits per heavy atom. The largest absolute Gasteiger partial charge is 0.324 e. The quantitative estimate of drug-likeness (QED) is 0.848. The molecule has 0 aliphatic heterocycles. The van der Waals surface area contributed by atoms with Gasteiger partial charge in [0.1, 0.15) is 0 Å². The molecule has 0 aliphatic rings. The minimum absolute atomic E-state index is 0.0666. The number of hydrogen-bond donors (Lipinski definition) is 1. The number of amides is 1. The van der Waals surface area contributed by atoms with E-state index >= 15 is 0 Å². The van der Waals surface area contributed by atoms with Crippen molar-refractivity contribution in [3.8, 4) is 0 Å². The van der Waals surface area contributed by atoms with Gasteiger partial charge in [-0.25, -0.2) is 0 Å². The third-order valence-corrected chi connectivity index (χ3v) is 4.24. The number of rotatable bonds is 5. The Hall–Kier alpha value is -1.04. The van der Waals surface area contributed by atoms with Gasteiger partial charge in [-0.1, -0.05) is 33.6 Å². The maximum Gasteiger partial charge on any atom is 0.234 e. The molecule has 1 N–H and O–H groups in total. The van der Waals surface area contributed by atoms with Gasteiger partial charge >= 0.3 is 0 Å². The van der Waals surface area contributed by atoms with Gasteiger partial charge in [0.05, 0.1) is 16.5 Å². The first-order valence-electron chi connectivity index (χ1n) is 5.86. The standard InChI is InChI=1S/C14H12BrClN2OS/c15-11-3-4-13(12(16)6-11)18-14(19)9-20-8-10-2-1-5-17-7-10/h1-7H,8-9H2,(H,18,19). The highest BCUT2D eigenvalue weighted by atomic mass is 79.9. The molecule has 0 bridgehead atoms. The molecule has 1 aromatic heterocycles. The van der Waals surface area contributed by atoms with Crippen LogP contribution in [0.25, 0.3) is 0 Å². The fourth-order valence-corrected chi connectivity index (χ4v) is 3.01. The van der Waals surface area contributed by atoms with E-state index in [1.165, 1.54) is 11.8 Å². The highest BCUT2D eigenvalue weighted by molar-refractivity contribution is 9.10. The van der Waals surface area contributed by atoms with Gasteiger partial charge < -0.3 is 5.32 Å². The van der Waals surface area contributed by atoms with Crippen LogP contribution in [-0.4, -0.2) is 16.6 Å². The van der Waals surface area contributed by atoms with Gasteiger partial charge in [0, 0.05) is 22.6 Å². The van der Waals surface area contributed by atoms with Gasteiger partial charge in [-0.2, -0.15) is 0 Å². The Balaban J connectivity index is 1.81. The zero-order valence-electron chi connectivity index (χ0n) is 10.5. The fourth-order valence-electron chi connectivity index (χ4n) is 1.52. The van der Waals surface area contributed by atoms with Crippen LogP contribution in [0.1, 0.15) is 5.56 Å². The summed E-state index contributed by atoms with van der Waals surface area (Å²) < 4.78 is 0.881. The first-order valence-corrected chi connectivity index (χ1v) is 8.19. The fraction of sp³-hybridized carbons (Fsp3) is 0.143. The zero-order valence-corrected chi connectivity index (χ0v) is 13.6. The molecule has 1 amide bonds. The second-order valence-electron chi connectivity index (χ2n) is 4.03. The predicted octanol–water partition coefficient (Wildman–Crippen LogP) is 4.37. The van der Waals surface area contributed by atoms with E-state index in [0.717, 1.165) is 15.8 Å². The molecule has 2 aromatic rings. The summed E-state index contributed by atoms with van der Waals surface area (Å²) in [6.45, 7) is 0. The second-order valence-corrected chi connectivity index (χ2v) is 6.33. The number of benzene rings is 1. The van der Waals surface area contributed by atoms with E-state index in [-0.39, 0.29) is 5.91 Å². The first kappa shape index (κ1) is 15.4. The Morgan fingerprint density at radius 1 is 1.40 bits per heavy atom. The molecule has 20 heavy (non-hydrogen) atoms. The number of halogens is 2. The lowest BCUT2D eigenvalue weighted by Gasteiger charge is -2.07. The van der Waals surface area contributed by atoms with Crippen molar-refractivity contribution >= 4 is 50.9 Å². The number of carbonyl (C=O) groups excluding carboxylic acids is 1. The highest BCUT2D eigenvalue weighted by Crippen LogP contribution is 2.25. The maximum absolute atomic E-state index is 11.8. The average molecular weight is 372 g/mol. The normalized spacial score (nSPS) is 10.3. The van der Waals surface area contributed by atoms with Crippen molar-refractivity contribution in [3.05, 3.63) is 57.8 Å². The van der Waals surface area contributed by atoms with Gasteiger partial charge in [0.2, 0.25) is 5.91 Å². The Labute approximate surface area is 135 Å². The number of thioether (sulfide) groups is 1. The van der Waals surface area contributed by atoms with Crippen molar-refractivity contribution in [2.45, 2.75) is 5.75 Å². The summed E-state index contributed by atoms with van der Waals surface area (Å²) in [5.41, 5.74) is 1.73. The molecule has 104 valence electrons. The number of anilines is 1. The maximum atomic E-state index is 11.8. The number of carbonyl (C=O) groups is 1. The van der Waals surface area contributed by atoms with Gasteiger partial charge in [-0.3, -0.25) is 9.78 Å². The minimum Gasteiger partial charge on any atom is -0.324 e. The SMILES string of the molecule is O=C(CSCc1cccnc1)Nc1ccc(Br)cc1Cl. The summed E-state index contributed by atoms with van der Waals surface area (Å²) in [4.78, 5) is 15.9. The smallest absolute Gasteiger partial charge is 0.234 e. The van der Waals surface area contributed by atoms with Crippen LogP contribution >= 0.6 is 39.3 Å². The van der Waals surface area contributed by atoms with Crippen LogP contribution in [0.4, 0.5) is 5.69 Å². The third kappa shape index (κ3) is 4.81. The Morgan fingerprint density at radius 2 is 2.25 bits per heavy atom. The molecule has 2 rings (SSSR count). The van der Waals surface area contributed by atoms with Crippen LogP contribution in [0, 0.1) is 0 Å². The summed E-state index contributed by atoms with van der Waals surface area (Å²) in [6.07, 6.45) is 3.53. The van der Waals surface area contributed by atoms with Crippen LogP contribution in [0.3, 0.4) is 0 Å². The summed E-state index contributed by atoms with van der Waals surface area (Å²) in [7, 11) is 0. The minimum atomic E-state index is -0.0666. The molecule has 0 radical (unpaired) electrons. The molecule has 0 saturated carbocycles. The van der Waals surface area contributed by atoms with E-state index in [4.69, 9.17) is 11.6 Å². The number of aromatic nitrogens is 1. The molecular formula is C14H12BrClN2OS. The summed E-state index contributed by atoms with van der Waals surface area (Å²) in [6, 6.07) is 9.24. The summed E-state index contributed by atoms with van der Waals surface area (Å²) in [5.74, 6) is 1.07. The lowest BCUT2D eigenvalue weighted by atomic mass is 10.3. The molecular weight excluding hydrogens is 360 g/mol. The van der Waals surface area contributed by atoms with Crippen molar-refractivity contribution in [3.63, 3.8) is 0 Å². The van der Waals surface area contributed by atoms with Gasteiger partial charge in [0.25, 0.3) is 0 Å². The van der Waals surface area contributed by atoms with Crippen molar-refractivity contribution in [1.29, 1.82) is 0 Å². The third-order valence-electron chi connectivity index (χ3n) is 2.43. The van der Waals surface area contributed by atoms with E-state index < -0.39 is 0 Å². The molecule has 1 aromatic carbocycles. The molecule has 3 nitrogen and oxygen atoms in total. The number of hydrogen-bond acceptors (Lipinski definition) is 3. The topological polar surface area (TPSA) is 42.0 Å². The van der Waals surface area contributed by atoms with Crippen molar-refractivity contribution in [2.75, 3.05) is 11.1 Å². The lowest BCUT2D eigenvalue weighted by Crippen LogP contribution is -2.14. The zero-order chi connectivity index (χ0) is 14.4. The Kier molecular flexibility index (Phi) is 5.88. The summed E-state index contributed by atoms with van der Waals surface area (Å²) in [5, 5.41) is 3.31. The van der Waals surface area contributed by atoms with E-state index in [1.54, 1.807) is 24.5 Å². The molecule has 1 heterocycles. The van der Waals surface area contributed by atoms with E-state index in [1.807, 2.05) is 18.2 Å². The van der Waals surface area contributed by atoms with Crippen LogP contribution in [0.5, 0.6) is 0 Å². The van der Waals surface area contributed by atoms with Crippen molar-refractivity contribution in [2.24, 2.45) is 0 Å². The van der Waals surface area contributed by atoms with Crippen molar-refractivity contribution < 1.29 is 4.79 Å². The highest BCUT2D eigenvalue weighted by Gasteiger charge is 2.06. The molecule has 0 saturated heterocycles. The van der Waals surface area contributed by atoms with Crippen LogP contribution in [0.15, 0.2) is 47.2 Å². The van der Waals surface area contributed by atoms with Gasteiger partial charge in [-0.15, -0.1) is 11.8 Å². The van der Waals surface area contributed by atoms with E-state index in [2.05, 4.69) is 26.2 Å². The number of pyridine rings is 1. The molecule has 0 fully saturated rings.